The van der Waals surface area contributed by atoms with Crippen molar-refractivity contribution in [2.24, 2.45) is 5.73 Å². The Morgan fingerprint density at radius 2 is 2.00 bits per heavy atom. The van der Waals surface area contributed by atoms with E-state index in [4.69, 9.17) is 5.73 Å². The molecular weight excluding hydrogens is 148 g/mol. The molecule has 1 rings (SSSR count). The van der Waals surface area contributed by atoms with Crippen molar-refractivity contribution in [3.63, 3.8) is 0 Å². The average Bonchev–Trinajstić information content (AvgIpc) is 2.16. The fourth-order valence-corrected chi connectivity index (χ4v) is 0.986. The van der Waals surface area contributed by atoms with Gasteiger partial charge >= 0.3 is 0 Å². The average molecular weight is 160 g/mol. The SMILES string of the molecule is C=Cc1cnc(CN)cc1C=C. The third kappa shape index (κ3) is 1.60. The van der Waals surface area contributed by atoms with Crippen LogP contribution < -0.4 is 5.73 Å². The van der Waals surface area contributed by atoms with Crippen LogP contribution in [0.15, 0.2) is 25.4 Å². The molecule has 0 amide bonds. The zero-order valence-corrected chi connectivity index (χ0v) is 6.96. The zero-order chi connectivity index (χ0) is 8.97. The number of hydrogen-bond acceptors (Lipinski definition) is 2. The first-order valence-corrected chi connectivity index (χ1v) is 3.75. The van der Waals surface area contributed by atoms with Gasteiger partial charge in [-0.3, -0.25) is 4.98 Å². The van der Waals surface area contributed by atoms with Crippen LogP contribution in [-0.4, -0.2) is 4.98 Å². The quantitative estimate of drug-likeness (QED) is 0.732. The largest absolute Gasteiger partial charge is 0.325 e. The Kier molecular flexibility index (Phi) is 2.77. The van der Waals surface area contributed by atoms with Crippen LogP contribution in [0.4, 0.5) is 0 Å². The van der Waals surface area contributed by atoms with Gasteiger partial charge in [0.15, 0.2) is 0 Å². The van der Waals surface area contributed by atoms with E-state index in [1.807, 2.05) is 6.07 Å². The molecule has 0 aliphatic carbocycles. The summed E-state index contributed by atoms with van der Waals surface area (Å²) < 4.78 is 0. The van der Waals surface area contributed by atoms with E-state index in [0.717, 1.165) is 16.8 Å². The molecule has 62 valence electrons. The predicted octanol–water partition coefficient (Wildman–Crippen LogP) is 1.83. The van der Waals surface area contributed by atoms with Gasteiger partial charge in [-0.25, -0.2) is 0 Å². The van der Waals surface area contributed by atoms with Crippen molar-refractivity contribution < 1.29 is 0 Å². The number of pyridine rings is 1. The molecule has 0 aliphatic rings. The molecular formula is C10H12N2. The highest BCUT2D eigenvalue weighted by atomic mass is 14.7. The highest BCUT2D eigenvalue weighted by Crippen LogP contribution is 2.11. The Bertz CT molecular complexity index is 303. The molecule has 12 heavy (non-hydrogen) atoms. The number of aromatic nitrogens is 1. The predicted molar refractivity (Wildman–Crippen MR) is 52.3 cm³/mol. The van der Waals surface area contributed by atoms with Crippen LogP contribution >= 0.6 is 0 Å². The Hall–Kier alpha value is -1.41. The summed E-state index contributed by atoms with van der Waals surface area (Å²) in [6.45, 7) is 7.83. The molecule has 0 atom stereocenters. The summed E-state index contributed by atoms with van der Waals surface area (Å²) in [6, 6.07) is 1.92. The second kappa shape index (κ2) is 3.83. The Morgan fingerprint density at radius 1 is 1.33 bits per heavy atom. The minimum absolute atomic E-state index is 0.457. The first-order chi connectivity index (χ1) is 5.81. The topological polar surface area (TPSA) is 38.9 Å². The standard InChI is InChI=1S/C10H12N2/c1-3-8-5-10(6-11)12-7-9(8)4-2/h3-5,7H,1-2,6,11H2. The molecule has 1 heterocycles. The molecule has 2 N–H and O–H groups in total. The van der Waals surface area contributed by atoms with E-state index in [9.17, 15) is 0 Å². The van der Waals surface area contributed by atoms with E-state index in [0.29, 0.717) is 6.54 Å². The highest BCUT2D eigenvalue weighted by Gasteiger charge is 1.97. The van der Waals surface area contributed by atoms with Gasteiger partial charge in [0.2, 0.25) is 0 Å². The molecule has 0 aromatic carbocycles. The smallest absolute Gasteiger partial charge is 0.0545 e. The summed E-state index contributed by atoms with van der Waals surface area (Å²) in [5, 5.41) is 0. The van der Waals surface area contributed by atoms with Crippen molar-refractivity contribution in [2.75, 3.05) is 0 Å². The van der Waals surface area contributed by atoms with E-state index in [-0.39, 0.29) is 0 Å². The van der Waals surface area contributed by atoms with Gasteiger partial charge in [-0.1, -0.05) is 25.3 Å². The van der Waals surface area contributed by atoms with Gasteiger partial charge in [-0.05, 0) is 17.2 Å². The van der Waals surface area contributed by atoms with E-state index in [1.165, 1.54) is 0 Å². The van der Waals surface area contributed by atoms with Gasteiger partial charge in [0.25, 0.3) is 0 Å². The van der Waals surface area contributed by atoms with Crippen molar-refractivity contribution in [1.82, 2.24) is 4.98 Å². The normalized spacial score (nSPS) is 9.42. The lowest BCUT2D eigenvalue weighted by Gasteiger charge is -2.01. The molecule has 0 unspecified atom stereocenters. The third-order valence-corrected chi connectivity index (χ3v) is 1.67. The lowest BCUT2D eigenvalue weighted by Crippen LogP contribution is -2.00. The summed E-state index contributed by atoms with van der Waals surface area (Å²) >= 11 is 0. The molecule has 2 heteroatoms. The maximum atomic E-state index is 5.44. The van der Waals surface area contributed by atoms with Gasteiger partial charge < -0.3 is 5.73 Å². The molecule has 0 aliphatic heterocycles. The molecule has 1 aromatic rings. The summed E-state index contributed by atoms with van der Waals surface area (Å²) in [5.74, 6) is 0. The second-order valence-corrected chi connectivity index (χ2v) is 2.42. The molecule has 0 bridgehead atoms. The van der Waals surface area contributed by atoms with Crippen LogP contribution in [-0.2, 0) is 6.54 Å². The van der Waals surface area contributed by atoms with E-state index in [2.05, 4.69) is 18.1 Å². The van der Waals surface area contributed by atoms with Gasteiger partial charge in [-0.2, -0.15) is 0 Å². The Labute approximate surface area is 72.4 Å². The molecule has 1 aromatic heterocycles. The van der Waals surface area contributed by atoms with Crippen LogP contribution in [0.2, 0.25) is 0 Å². The van der Waals surface area contributed by atoms with Gasteiger partial charge in [0, 0.05) is 12.7 Å². The fraction of sp³-hybridized carbons (Fsp3) is 0.100. The number of nitrogens with zero attached hydrogens (tertiary/aromatic N) is 1. The lowest BCUT2D eigenvalue weighted by atomic mass is 10.1. The fourth-order valence-electron chi connectivity index (χ4n) is 0.986. The number of hydrogen-bond donors (Lipinski definition) is 1. The monoisotopic (exact) mass is 160 g/mol. The summed E-state index contributed by atoms with van der Waals surface area (Å²) in [7, 11) is 0. The van der Waals surface area contributed by atoms with Gasteiger partial charge in [0.1, 0.15) is 0 Å². The van der Waals surface area contributed by atoms with Crippen molar-refractivity contribution in [3.05, 3.63) is 42.2 Å². The van der Waals surface area contributed by atoms with Crippen molar-refractivity contribution in [2.45, 2.75) is 6.54 Å². The van der Waals surface area contributed by atoms with Crippen molar-refractivity contribution >= 4 is 12.2 Å². The van der Waals surface area contributed by atoms with Gasteiger partial charge in [-0.15, -0.1) is 0 Å². The number of nitrogens with two attached hydrogens (primary N) is 1. The van der Waals surface area contributed by atoms with Crippen molar-refractivity contribution in [1.29, 1.82) is 0 Å². The van der Waals surface area contributed by atoms with E-state index < -0.39 is 0 Å². The maximum absolute atomic E-state index is 5.44. The minimum Gasteiger partial charge on any atom is -0.325 e. The Balaban J connectivity index is 3.18. The molecule has 0 saturated heterocycles. The van der Waals surface area contributed by atoms with Crippen molar-refractivity contribution in [3.8, 4) is 0 Å². The second-order valence-electron chi connectivity index (χ2n) is 2.42. The molecule has 2 nitrogen and oxygen atoms in total. The lowest BCUT2D eigenvalue weighted by molar-refractivity contribution is 0.987. The zero-order valence-electron chi connectivity index (χ0n) is 6.96. The third-order valence-electron chi connectivity index (χ3n) is 1.67. The summed E-state index contributed by atoms with van der Waals surface area (Å²) in [5.41, 5.74) is 8.33. The van der Waals surface area contributed by atoms with E-state index in [1.54, 1.807) is 18.3 Å². The highest BCUT2D eigenvalue weighted by molar-refractivity contribution is 5.62. The summed E-state index contributed by atoms with van der Waals surface area (Å²) in [6.07, 6.45) is 5.29. The number of rotatable bonds is 3. The molecule has 0 spiro atoms. The van der Waals surface area contributed by atoms with Gasteiger partial charge in [0.05, 0.1) is 5.69 Å². The minimum atomic E-state index is 0.457. The van der Waals surface area contributed by atoms with E-state index >= 15 is 0 Å². The van der Waals surface area contributed by atoms with Crippen LogP contribution in [0, 0.1) is 0 Å². The molecule has 0 saturated carbocycles. The summed E-state index contributed by atoms with van der Waals surface area (Å²) in [4.78, 5) is 4.13. The van der Waals surface area contributed by atoms with Crippen LogP contribution in [0.3, 0.4) is 0 Å². The Morgan fingerprint density at radius 3 is 2.50 bits per heavy atom. The van der Waals surface area contributed by atoms with Crippen LogP contribution in [0.25, 0.3) is 12.2 Å². The molecule has 0 fully saturated rings. The van der Waals surface area contributed by atoms with Crippen LogP contribution in [0.5, 0.6) is 0 Å². The first-order valence-electron chi connectivity index (χ1n) is 3.75. The molecule has 0 radical (unpaired) electrons. The van der Waals surface area contributed by atoms with Crippen LogP contribution in [0.1, 0.15) is 16.8 Å². The first kappa shape index (κ1) is 8.68. The maximum Gasteiger partial charge on any atom is 0.0545 e.